The maximum Gasteiger partial charge on any atom is 0.407 e. The summed E-state index contributed by atoms with van der Waals surface area (Å²) in [5, 5.41) is 2.80. The lowest BCUT2D eigenvalue weighted by Crippen LogP contribution is -2.46. The summed E-state index contributed by atoms with van der Waals surface area (Å²) < 4.78 is 12.2. The van der Waals surface area contributed by atoms with Crippen molar-refractivity contribution in [3.63, 3.8) is 0 Å². The molecule has 2 rings (SSSR count). The van der Waals surface area contributed by atoms with Gasteiger partial charge in [0.2, 0.25) is 5.88 Å². The van der Waals surface area contributed by atoms with E-state index in [1.54, 1.807) is 6.20 Å². The zero-order valence-corrected chi connectivity index (χ0v) is 15.0. The molecule has 0 aromatic carbocycles. The molecule has 1 aromatic rings. The first-order valence-corrected chi connectivity index (χ1v) is 8.29. The second kappa shape index (κ2) is 6.86. The average molecular weight is 371 g/mol. The molecule has 122 valence electrons. The number of nitrogens with zero attached hydrogens (tertiary/aromatic N) is 1. The molecule has 0 spiro atoms. The molecule has 1 atom stereocenters. The van der Waals surface area contributed by atoms with Gasteiger partial charge in [-0.1, -0.05) is 15.9 Å². The Morgan fingerprint density at radius 3 is 2.73 bits per heavy atom. The number of nitrogens with one attached hydrogen (secondary N) is 1. The van der Waals surface area contributed by atoms with Crippen molar-refractivity contribution in [3.8, 4) is 5.88 Å². The van der Waals surface area contributed by atoms with E-state index < -0.39 is 0 Å². The number of ether oxygens (including phenoxy) is 2. The first-order valence-electron chi connectivity index (χ1n) is 7.50. The van der Waals surface area contributed by atoms with E-state index in [2.05, 4.69) is 26.2 Å². The molecule has 0 unspecified atom stereocenters. The first kappa shape index (κ1) is 17.1. The highest BCUT2D eigenvalue weighted by atomic mass is 79.9. The Morgan fingerprint density at radius 2 is 2.14 bits per heavy atom. The Morgan fingerprint density at radius 1 is 1.45 bits per heavy atom. The summed E-state index contributed by atoms with van der Waals surface area (Å²) in [5.74, 6) is 0.991. The van der Waals surface area contributed by atoms with E-state index in [1.165, 1.54) is 0 Å². The molecular formula is C16H23BrN2O3. The molecule has 1 N–H and O–H groups in total. The fourth-order valence-electron chi connectivity index (χ4n) is 2.31. The van der Waals surface area contributed by atoms with Gasteiger partial charge in [0.25, 0.3) is 0 Å². The van der Waals surface area contributed by atoms with Crippen molar-refractivity contribution in [2.75, 3.05) is 0 Å². The third-order valence-electron chi connectivity index (χ3n) is 3.55. The number of carbonyl (C=O) groups is 1. The molecule has 1 aromatic heterocycles. The van der Waals surface area contributed by atoms with Gasteiger partial charge in [0, 0.05) is 28.2 Å². The van der Waals surface area contributed by atoms with Crippen molar-refractivity contribution in [1.29, 1.82) is 0 Å². The van der Waals surface area contributed by atoms with Crippen molar-refractivity contribution < 1.29 is 14.3 Å². The van der Waals surface area contributed by atoms with E-state index in [-0.39, 0.29) is 23.8 Å². The third kappa shape index (κ3) is 5.16. The molecular weight excluding hydrogens is 348 g/mol. The molecule has 0 saturated heterocycles. The molecule has 22 heavy (non-hydrogen) atoms. The van der Waals surface area contributed by atoms with Crippen LogP contribution in [0.5, 0.6) is 5.88 Å². The first-order chi connectivity index (χ1) is 10.2. The van der Waals surface area contributed by atoms with E-state index in [1.807, 2.05) is 39.8 Å². The molecule has 6 heteroatoms. The summed E-state index contributed by atoms with van der Waals surface area (Å²) >= 11 is 3.40. The topological polar surface area (TPSA) is 60.5 Å². The Kier molecular flexibility index (Phi) is 5.32. The predicted molar refractivity (Wildman–Crippen MR) is 87.9 cm³/mol. The van der Waals surface area contributed by atoms with Crippen molar-refractivity contribution in [1.82, 2.24) is 10.3 Å². The van der Waals surface area contributed by atoms with Crippen molar-refractivity contribution >= 4 is 22.0 Å². The molecule has 1 aliphatic carbocycles. The lowest BCUT2D eigenvalue weighted by Gasteiger charge is -2.38. The monoisotopic (exact) mass is 370 g/mol. The predicted octanol–water partition coefficient (Wildman–Crippen LogP) is 3.91. The number of pyridine rings is 1. The van der Waals surface area contributed by atoms with Crippen molar-refractivity contribution in [2.45, 2.75) is 58.3 Å². The van der Waals surface area contributed by atoms with Crippen LogP contribution in [0.2, 0.25) is 0 Å². The molecule has 1 fully saturated rings. The van der Waals surface area contributed by atoms with E-state index in [0.717, 1.165) is 17.3 Å². The van der Waals surface area contributed by atoms with Crippen molar-refractivity contribution in [3.05, 3.63) is 22.8 Å². The minimum absolute atomic E-state index is 0.0196. The maximum absolute atomic E-state index is 11.7. The molecule has 5 nitrogen and oxygen atoms in total. The summed E-state index contributed by atoms with van der Waals surface area (Å²) in [7, 11) is 0. The Labute approximate surface area is 139 Å². The molecule has 0 aliphatic heterocycles. The van der Waals surface area contributed by atoms with Gasteiger partial charge in [0.05, 0.1) is 0 Å². The molecule has 1 saturated carbocycles. The lowest BCUT2D eigenvalue weighted by molar-refractivity contribution is -0.0252. The van der Waals surface area contributed by atoms with Crippen LogP contribution in [0.25, 0.3) is 0 Å². The van der Waals surface area contributed by atoms with Crippen LogP contribution in [-0.4, -0.2) is 28.8 Å². The number of carbonyl (C=O) groups excluding carboxylic acids is 1. The number of hydrogen-bond donors (Lipinski definition) is 1. The van der Waals surface area contributed by atoms with Crippen LogP contribution >= 0.6 is 15.9 Å². The minimum Gasteiger partial charge on any atom is -0.474 e. The highest BCUT2D eigenvalue weighted by molar-refractivity contribution is 9.10. The smallest absolute Gasteiger partial charge is 0.407 e. The average Bonchev–Trinajstić information content (AvgIpc) is 2.30. The van der Waals surface area contributed by atoms with E-state index in [0.29, 0.717) is 11.8 Å². The fourth-order valence-corrected chi connectivity index (χ4v) is 2.62. The largest absolute Gasteiger partial charge is 0.474 e. The van der Waals surface area contributed by atoms with Gasteiger partial charge in [-0.2, -0.15) is 0 Å². The van der Waals surface area contributed by atoms with Crippen LogP contribution in [0, 0.1) is 5.92 Å². The zero-order valence-electron chi connectivity index (χ0n) is 13.4. The molecule has 1 heterocycles. The Hall–Kier alpha value is -1.30. The summed E-state index contributed by atoms with van der Waals surface area (Å²) in [6.07, 6.45) is 3.04. The minimum atomic E-state index is -0.349. The molecule has 0 radical (unpaired) electrons. The highest BCUT2D eigenvalue weighted by Crippen LogP contribution is 2.34. The number of rotatable bonds is 4. The van der Waals surface area contributed by atoms with Gasteiger partial charge in [-0.05, 0) is 46.6 Å². The fraction of sp³-hybridized carbons (Fsp3) is 0.625. The van der Waals surface area contributed by atoms with Gasteiger partial charge >= 0.3 is 6.09 Å². The van der Waals surface area contributed by atoms with E-state index >= 15 is 0 Å². The molecule has 1 aliphatic rings. The molecule has 1 amide bonds. The summed E-state index contributed by atoms with van der Waals surface area (Å²) in [5.41, 5.74) is -0.275. The summed E-state index contributed by atoms with van der Waals surface area (Å²) in [4.78, 5) is 15.9. The van der Waals surface area contributed by atoms with E-state index in [4.69, 9.17) is 9.47 Å². The molecule has 0 bridgehead atoms. The number of amides is 1. The highest BCUT2D eigenvalue weighted by Gasteiger charge is 2.37. The van der Waals surface area contributed by atoms with Crippen molar-refractivity contribution in [2.24, 2.45) is 5.92 Å². The third-order valence-corrected chi connectivity index (χ3v) is 4.04. The summed E-state index contributed by atoms with van der Waals surface area (Å²) in [6.45, 7) is 7.81. The second-order valence-electron chi connectivity index (χ2n) is 6.77. The lowest BCUT2D eigenvalue weighted by atomic mass is 9.79. The second-order valence-corrected chi connectivity index (χ2v) is 7.68. The van der Waals surface area contributed by atoms with Gasteiger partial charge in [0.1, 0.15) is 12.2 Å². The standard InChI is InChI=1S/C16H23BrN2O3/c1-10(21-14-9-12(17)5-6-18-14)11-7-13(8-11)22-15(20)19-16(2,3)4/h5-6,9-11,13H,7-8H2,1-4H3,(H,19,20)/t10-,11?,13?/m0/s1. The van der Waals surface area contributed by atoms with Crippen LogP contribution in [0.4, 0.5) is 4.79 Å². The van der Waals surface area contributed by atoms with Crippen LogP contribution in [-0.2, 0) is 4.74 Å². The van der Waals surface area contributed by atoms with Gasteiger partial charge in [-0.15, -0.1) is 0 Å². The number of halogens is 1. The Bertz CT molecular complexity index is 524. The number of hydrogen-bond acceptors (Lipinski definition) is 4. The van der Waals surface area contributed by atoms with Crippen LogP contribution in [0.3, 0.4) is 0 Å². The quantitative estimate of drug-likeness (QED) is 0.872. The van der Waals surface area contributed by atoms with Gasteiger partial charge in [-0.3, -0.25) is 0 Å². The summed E-state index contributed by atoms with van der Waals surface area (Å²) in [6, 6.07) is 3.71. The van der Waals surface area contributed by atoms with Crippen LogP contribution < -0.4 is 10.1 Å². The van der Waals surface area contributed by atoms with Gasteiger partial charge < -0.3 is 14.8 Å². The van der Waals surface area contributed by atoms with Gasteiger partial charge in [-0.25, -0.2) is 9.78 Å². The van der Waals surface area contributed by atoms with E-state index in [9.17, 15) is 4.79 Å². The zero-order chi connectivity index (χ0) is 16.3. The number of alkyl carbamates (subject to hydrolysis) is 1. The van der Waals surface area contributed by atoms with Crippen LogP contribution in [0.15, 0.2) is 22.8 Å². The Balaban J connectivity index is 1.73. The van der Waals surface area contributed by atoms with Crippen LogP contribution in [0.1, 0.15) is 40.5 Å². The normalized spacial score (nSPS) is 22.4. The maximum atomic E-state index is 11.7. The van der Waals surface area contributed by atoms with Gasteiger partial charge in [0.15, 0.2) is 0 Å². The number of aromatic nitrogens is 1. The SMILES string of the molecule is C[C@H](Oc1cc(Br)ccn1)C1CC(OC(=O)NC(C)(C)C)C1.